The highest BCUT2D eigenvalue weighted by Crippen LogP contribution is 2.21. The first-order chi connectivity index (χ1) is 21.4. The Morgan fingerprint density at radius 2 is 1.62 bits per heavy atom. The smallest absolute Gasteiger partial charge is 0.422 e. The van der Waals surface area contributed by atoms with Crippen molar-refractivity contribution in [2.75, 3.05) is 36.1 Å². The van der Waals surface area contributed by atoms with Gasteiger partial charge in [-0.2, -0.15) is 28.1 Å². The monoisotopic (exact) mass is 649 g/mol. The van der Waals surface area contributed by atoms with Gasteiger partial charge in [-0.1, -0.05) is 24.3 Å². The number of carbonyl (C=O) groups is 2. The van der Waals surface area contributed by atoms with Gasteiger partial charge in [-0.25, -0.2) is 8.42 Å². The van der Waals surface area contributed by atoms with Gasteiger partial charge in [0.25, 0.3) is 5.91 Å². The van der Waals surface area contributed by atoms with Crippen molar-refractivity contribution >= 4 is 39.4 Å². The molecule has 2 amide bonds. The van der Waals surface area contributed by atoms with E-state index in [1.54, 1.807) is 36.4 Å². The molecule has 3 aromatic rings. The highest BCUT2D eigenvalue weighted by atomic mass is 32.2. The molecule has 1 aromatic heterocycles. The minimum absolute atomic E-state index is 0.0322. The molecule has 0 unspecified atom stereocenters. The molecule has 17 heteroatoms. The molecule has 0 saturated heterocycles. The van der Waals surface area contributed by atoms with Crippen LogP contribution in [0.15, 0.2) is 60.7 Å². The summed E-state index contributed by atoms with van der Waals surface area (Å²) >= 11 is 0. The molecule has 240 valence electrons. The van der Waals surface area contributed by atoms with Gasteiger partial charge in [-0.05, 0) is 54.8 Å². The number of ether oxygens (including phenoxy) is 2. The van der Waals surface area contributed by atoms with Crippen molar-refractivity contribution in [3.63, 3.8) is 0 Å². The largest absolute Gasteiger partial charge is 0.490 e. The molecule has 6 bridgehead atoms. The van der Waals surface area contributed by atoms with Gasteiger partial charge in [0.15, 0.2) is 6.61 Å². The molecule has 0 saturated carbocycles. The van der Waals surface area contributed by atoms with Crippen LogP contribution in [0.2, 0.25) is 0 Å². The maximum Gasteiger partial charge on any atom is 0.422 e. The Kier molecular flexibility index (Phi) is 11.1. The number of nitrogens with one attached hydrogen (secondary N) is 4. The second-order valence-electron chi connectivity index (χ2n) is 9.67. The number of hydrogen-bond donors (Lipinski definition) is 4. The van der Waals surface area contributed by atoms with Crippen molar-refractivity contribution in [2.45, 2.75) is 32.0 Å². The zero-order chi connectivity index (χ0) is 32.3. The van der Waals surface area contributed by atoms with Crippen LogP contribution in [0, 0.1) is 0 Å². The molecule has 6 rings (SSSR count). The lowest BCUT2D eigenvalue weighted by Crippen LogP contribution is -2.32. The predicted molar refractivity (Wildman–Crippen MR) is 158 cm³/mol. The normalized spacial score (nSPS) is 17.3. The van der Waals surface area contributed by atoms with Crippen LogP contribution < -0.4 is 30.1 Å². The summed E-state index contributed by atoms with van der Waals surface area (Å²) in [7, 11) is -3.86. The van der Waals surface area contributed by atoms with Crippen LogP contribution >= 0.6 is 0 Å². The third kappa shape index (κ3) is 11.6. The van der Waals surface area contributed by atoms with Crippen LogP contribution in [0.5, 0.6) is 11.8 Å². The maximum absolute atomic E-state index is 12.8. The van der Waals surface area contributed by atoms with Gasteiger partial charge in [0.2, 0.25) is 27.8 Å². The molecule has 2 aromatic carbocycles. The van der Waals surface area contributed by atoms with E-state index in [0.29, 0.717) is 29.8 Å². The molecule has 4 N–H and O–H groups in total. The number of sulfonamides is 1. The van der Waals surface area contributed by atoms with Crippen LogP contribution in [0.4, 0.5) is 30.8 Å². The molecule has 0 spiro atoms. The highest BCUT2D eigenvalue weighted by Gasteiger charge is 2.29. The van der Waals surface area contributed by atoms with Gasteiger partial charge >= 0.3 is 12.2 Å². The van der Waals surface area contributed by atoms with Crippen molar-refractivity contribution in [1.29, 1.82) is 0 Å². The molecule has 13 nitrogen and oxygen atoms in total. The number of halogens is 3. The Labute approximate surface area is 256 Å². The number of amides is 2. The minimum atomic E-state index is -4.61. The van der Waals surface area contributed by atoms with Crippen LogP contribution in [-0.2, 0) is 21.4 Å². The molecular weight excluding hydrogens is 619 g/mol. The maximum atomic E-state index is 12.8. The number of aromatic nitrogens is 3. The second-order valence-corrected chi connectivity index (χ2v) is 11.4. The van der Waals surface area contributed by atoms with Gasteiger partial charge in [-0.3, -0.25) is 14.3 Å². The molecular formula is C28H30F3N7O6S. The van der Waals surface area contributed by atoms with Gasteiger partial charge in [0, 0.05) is 30.8 Å². The molecule has 0 fully saturated rings. The Morgan fingerprint density at radius 3 is 2.36 bits per heavy atom. The highest BCUT2D eigenvalue weighted by molar-refractivity contribution is 7.90. The van der Waals surface area contributed by atoms with Gasteiger partial charge < -0.3 is 25.4 Å². The van der Waals surface area contributed by atoms with Crippen molar-refractivity contribution in [2.24, 2.45) is 0 Å². The standard InChI is InChI=1S/C28H30F3N7O6S/c29-28(30,31)18-44-27-36-25-33-17-19-6-12-22(13-7-19)43-15-3-4-16-45(41,42)38-23(39)5-1-2-14-32-24(40)20-8-10-21(11-9-20)34-26(35-25)37-27/h3-4,6-13H,1-2,5,14-18H2,(H,32,40)(H,38,39)(H2,33,34,35,36,37)/b4-3+. The van der Waals surface area contributed by atoms with E-state index in [4.69, 9.17) is 9.47 Å². The minimum Gasteiger partial charge on any atom is -0.490 e. The lowest BCUT2D eigenvalue weighted by atomic mass is 10.2. The van der Waals surface area contributed by atoms with E-state index < -0.39 is 40.5 Å². The van der Waals surface area contributed by atoms with E-state index in [9.17, 15) is 31.2 Å². The molecule has 3 aliphatic rings. The predicted octanol–water partition coefficient (Wildman–Crippen LogP) is 3.46. The Morgan fingerprint density at radius 1 is 0.889 bits per heavy atom. The first kappa shape index (κ1) is 33.0. The van der Waals surface area contributed by atoms with Crippen molar-refractivity contribution in [3.8, 4) is 11.8 Å². The van der Waals surface area contributed by atoms with E-state index in [1.807, 2.05) is 4.72 Å². The number of nitrogens with zero attached hydrogens (tertiary/aromatic N) is 3. The molecule has 0 atom stereocenters. The molecule has 0 radical (unpaired) electrons. The fraction of sp³-hybridized carbons (Fsp3) is 0.321. The van der Waals surface area contributed by atoms with Gasteiger partial charge in [0.1, 0.15) is 12.4 Å². The summed E-state index contributed by atoms with van der Waals surface area (Å²) in [5, 5.41) is 8.51. The molecule has 3 aliphatic heterocycles. The van der Waals surface area contributed by atoms with E-state index in [1.165, 1.54) is 24.3 Å². The number of rotatable bonds is 2. The fourth-order valence-corrected chi connectivity index (χ4v) is 4.73. The number of carbonyl (C=O) groups excluding carboxylic acids is 2. The number of hydrogen-bond acceptors (Lipinski definition) is 11. The summed E-state index contributed by atoms with van der Waals surface area (Å²) in [5.41, 5.74) is 1.52. The lowest BCUT2D eigenvalue weighted by Gasteiger charge is -2.12. The van der Waals surface area contributed by atoms with Crippen molar-refractivity contribution < 1.29 is 40.7 Å². The Balaban J connectivity index is 1.52. The van der Waals surface area contributed by atoms with E-state index in [0.717, 1.165) is 5.56 Å². The lowest BCUT2D eigenvalue weighted by molar-refractivity contribution is -0.154. The summed E-state index contributed by atoms with van der Waals surface area (Å²) in [4.78, 5) is 36.6. The number of alkyl halides is 3. The second kappa shape index (κ2) is 15.2. The van der Waals surface area contributed by atoms with Crippen LogP contribution in [0.3, 0.4) is 0 Å². The van der Waals surface area contributed by atoms with E-state index in [2.05, 4.69) is 30.9 Å². The quantitative estimate of drug-likeness (QED) is 0.300. The zero-order valence-electron chi connectivity index (χ0n) is 23.8. The molecule has 4 heterocycles. The van der Waals surface area contributed by atoms with Gasteiger partial charge in [0.05, 0.1) is 5.75 Å². The summed E-state index contributed by atoms with van der Waals surface area (Å²) in [6.45, 7) is -1.07. The van der Waals surface area contributed by atoms with Gasteiger partial charge in [-0.15, -0.1) is 0 Å². The summed E-state index contributed by atoms with van der Waals surface area (Å²) < 4.78 is 75.0. The first-order valence-electron chi connectivity index (χ1n) is 13.7. The number of benzene rings is 2. The third-order valence-electron chi connectivity index (χ3n) is 5.97. The average molecular weight is 650 g/mol. The van der Waals surface area contributed by atoms with Crippen LogP contribution in [0.1, 0.15) is 35.2 Å². The van der Waals surface area contributed by atoms with Crippen molar-refractivity contribution in [1.82, 2.24) is 25.0 Å². The average Bonchev–Trinajstić information content (AvgIpc) is 2.98. The zero-order valence-corrected chi connectivity index (χ0v) is 24.6. The summed E-state index contributed by atoms with van der Waals surface area (Å²) in [5.74, 6) is -1.06. The number of anilines is 3. The SMILES string of the molecule is O=C1CCCCNC(=O)c2ccc(cc2)Nc2nc(nc(OCC(F)(F)F)n2)NCc2ccc(cc2)OC/C=C/CS(=O)(=O)N1. The Hall–Kier alpha value is -4.93. The van der Waals surface area contributed by atoms with E-state index in [-0.39, 0.29) is 43.9 Å². The summed E-state index contributed by atoms with van der Waals surface area (Å²) in [6.07, 6.45) is -0.971. The number of fused-ring (bicyclic) bond motifs is 2. The molecule has 45 heavy (non-hydrogen) atoms. The first-order valence-corrected chi connectivity index (χ1v) is 15.3. The third-order valence-corrected chi connectivity index (χ3v) is 7.14. The van der Waals surface area contributed by atoms with Crippen LogP contribution in [-0.4, -0.2) is 66.9 Å². The fourth-order valence-electron chi connectivity index (χ4n) is 3.81. The van der Waals surface area contributed by atoms with Crippen LogP contribution in [0.25, 0.3) is 0 Å². The Bertz CT molecular complexity index is 1600. The van der Waals surface area contributed by atoms with E-state index >= 15 is 0 Å². The molecule has 0 aliphatic carbocycles. The van der Waals surface area contributed by atoms with Crippen molar-refractivity contribution in [3.05, 3.63) is 71.8 Å². The topological polar surface area (TPSA) is 174 Å². The summed E-state index contributed by atoms with van der Waals surface area (Å²) in [6, 6.07) is 12.4.